The predicted molar refractivity (Wildman–Crippen MR) is 95.6 cm³/mol. The normalized spacial score (nSPS) is 15.6. The molecule has 130 valence electrons. The lowest BCUT2D eigenvalue weighted by Gasteiger charge is -2.14. The minimum Gasteiger partial charge on any atom is -0.505 e. The Balaban J connectivity index is 1.80. The maximum Gasteiger partial charge on any atom is 0.337 e. The van der Waals surface area contributed by atoms with Crippen molar-refractivity contribution in [2.24, 2.45) is 5.92 Å². The van der Waals surface area contributed by atoms with Crippen molar-refractivity contribution in [2.75, 3.05) is 12.4 Å². The summed E-state index contributed by atoms with van der Waals surface area (Å²) in [6.45, 7) is 1.66. The summed E-state index contributed by atoms with van der Waals surface area (Å²) < 4.78 is 5.58. The van der Waals surface area contributed by atoms with Gasteiger partial charge in [0.15, 0.2) is 0 Å². The van der Waals surface area contributed by atoms with Crippen LogP contribution in [0.5, 0.6) is 5.75 Å². The SMILES string of the molecule is COC(=O)c1cc(C)c(O)c(NC(=O)C2Cc3cc(Br)cnc3C2)c1. The van der Waals surface area contributed by atoms with Gasteiger partial charge in [0.1, 0.15) is 5.75 Å². The molecule has 0 aliphatic heterocycles. The van der Waals surface area contributed by atoms with Crippen LogP contribution in [0.3, 0.4) is 0 Å². The van der Waals surface area contributed by atoms with Crippen molar-refractivity contribution in [3.05, 3.63) is 51.3 Å². The highest BCUT2D eigenvalue weighted by molar-refractivity contribution is 9.10. The van der Waals surface area contributed by atoms with Crippen LogP contribution >= 0.6 is 15.9 Å². The first kappa shape index (κ1) is 17.4. The number of aromatic hydroxyl groups is 1. The molecule has 1 aliphatic carbocycles. The molecular weight excluding hydrogens is 388 g/mol. The fraction of sp³-hybridized carbons (Fsp3) is 0.278. The number of hydrogen-bond acceptors (Lipinski definition) is 5. The highest BCUT2D eigenvalue weighted by Gasteiger charge is 2.29. The van der Waals surface area contributed by atoms with Crippen molar-refractivity contribution in [3.8, 4) is 5.75 Å². The van der Waals surface area contributed by atoms with E-state index in [2.05, 4.69) is 26.2 Å². The third-order valence-corrected chi connectivity index (χ3v) is 4.72. The first-order valence-corrected chi connectivity index (χ1v) is 8.54. The minimum atomic E-state index is -0.527. The lowest BCUT2D eigenvalue weighted by atomic mass is 10.0. The van der Waals surface area contributed by atoms with Gasteiger partial charge >= 0.3 is 5.97 Å². The molecule has 25 heavy (non-hydrogen) atoms. The molecule has 0 fully saturated rings. The van der Waals surface area contributed by atoms with E-state index in [-0.39, 0.29) is 28.8 Å². The number of carbonyl (C=O) groups is 2. The number of aryl methyl sites for hydroxylation is 1. The fourth-order valence-electron chi connectivity index (χ4n) is 2.97. The summed E-state index contributed by atoms with van der Waals surface area (Å²) in [4.78, 5) is 28.7. The number of phenolic OH excluding ortho intramolecular Hbond substituents is 1. The molecule has 0 bridgehead atoms. The molecule has 0 radical (unpaired) electrons. The van der Waals surface area contributed by atoms with E-state index in [0.717, 1.165) is 15.7 Å². The maximum atomic E-state index is 12.6. The maximum absolute atomic E-state index is 12.6. The number of rotatable bonds is 3. The first-order chi connectivity index (χ1) is 11.9. The predicted octanol–water partition coefficient (Wildman–Crippen LogP) is 3.00. The number of ether oxygens (including phenoxy) is 1. The highest BCUT2D eigenvalue weighted by atomic mass is 79.9. The van der Waals surface area contributed by atoms with Gasteiger partial charge in [-0.05, 0) is 58.6 Å². The highest BCUT2D eigenvalue weighted by Crippen LogP contribution is 2.32. The lowest BCUT2D eigenvalue weighted by molar-refractivity contribution is -0.119. The number of fused-ring (bicyclic) bond motifs is 1. The topological polar surface area (TPSA) is 88.5 Å². The third kappa shape index (κ3) is 3.51. The summed E-state index contributed by atoms with van der Waals surface area (Å²) in [5.41, 5.74) is 2.91. The molecule has 1 unspecified atom stereocenters. The van der Waals surface area contributed by atoms with Crippen LogP contribution in [-0.4, -0.2) is 29.1 Å². The van der Waals surface area contributed by atoms with Gasteiger partial charge in [0, 0.05) is 28.7 Å². The third-order valence-electron chi connectivity index (χ3n) is 4.28. The Hall–Kier alpha value is -2.41. The number of pyridine rings is 1. The van der Waals surface area contributed by atoms with E-state index in [1.54, 1.807) is 13.1 Å². The van der Waals surface area contributed by atoms with Gasteiger partial charge < -0.3 is 15.2 Å². The second-order valence-electron chi connectivity index (χ2n) is 6.03. The van der Waals surface area contributed by atoms with Crippen LogP contribution in [0.15, 0.2) is 28.9 Å². The lowest BCUT2D eigenvalue weighted by Crippen LogP contribution is -2.23. The smallest absolute Gasteiger partial charge is 0.337 e. The fourth-order valence-corrected chi connectivity index (χ4v) is 3.35. The Labute approximate surface area is 153 Å². The molecule has 2 aromatic rings. The van der Waals surface area contributed by atoms with Crippen molar-refractivity contribution in [1.29, 1.82) is 0 Å². The van der Waals surface area contributed by atoms with Gasteiger partial charge in [0.05, 0.1) is 18.4 Å². The Morgan fingerprint density at radius 1 is 1.32 bits per heavy atom. The molecule has 1 aromatic heterocycles. The molecule has 0 spiro atoms. The van der Waals surface area contributed by atoms with Gasteiger partial charge in [-0.1, -0.05) is 0 Å². The molecule has 6 nitrogen and oxygen atoms in total. The Morgan fingerprint density at radius 3 is 2.80 bits per heavy atom. The van der Waals surface area contributed by atoms with E-state index in [9.17, 15) is 14.7 Å². The zero-order valence-electron chi connectivity index (χ0n) is 13.8. The number of nitrogens with one attached hydrogen (secondary N) is 1. The van der Waals surface area contributed by atoms with Gasteiger partial charge in [0.2, 0.25) is 5.91 Å². The van der Waals surface area contributed by atoms with Crippen molar-refractivity contribution in [1.82, 2.24) is 4.98 Å². The standard InChI is InChI=1S/C18H17BrN2O4/c1-9-3-12(18(24)25-2)7-15(16(9)22)21-17(23)11-4-10-5-13(19)8-20-14(10)6-11/h3,5,7-8,11,22H,4,6H2,1-2H3,(H,21,23). The zero-order valence-corrected chi connectivity index (χ0v) is 15.4. The van der Waals surface area contributed by atoms with Crippen molar-refractivity contribution in [3.63, 3.8) is 0 Å². The first-order valence-electron chi connectivity index (χ1n) is 7.75. The van der Waals surface area contributed by atoms with Gasteiger partial charge in [-0.3, -0.25) is 9.78 Å². The molecular formula is C18H17BrN2O4. The number of methoxy groups -OCH3 is 1. The van der Waals surface area contributed by atoms with Crippen LogP contribution in [0.4, 0.5) is 5.69 Å². The van der Waals surface area contributed by atoms with Gasteiger partial charge in [-0.15, -0.1) is 0 Å². The number of aromatic nitrogens is 1. The van der Waals surface area contributed by atoms with E-state index >= 15 is 0 Å². The Kier molecular flexibility index (Phi) is 4.76. The largest absolute Gasteiger partial charge is 0.505 e. The number of benzene rings is 1. The quantitative estimate of drug-likeness (QED) is 0.606. The van der Waals surface area contributed by atoms with E-state index in [1.165, 1.54) is 19.2 Å². The summed E-state index contributed by atoms with van der Waals surface area (Å²) in [6.07, 6.45) is 2.85. The van der Waals surface area contributed by atoms with Gasteiger partial charge in [0.25, 0.3) is 0 Å². The van der Waals surface area contributed by atoms with Crippen molar-refractivity contribution >= 4 is 33.5 Å². The summed E-state index contributed by atoms with van der Waals surface area (Å²) in [5, 5.41) is 12.9. The summed E-state index contributed by atoms with van der Waals surface area (Å²) in [7, 11) is 1.28. The van der Waals surface area contributed by atoms with Crippen molar-refractivity contribution < 1.29 is 19.4 Å². The molecule has 0 saturated carbocycles. The number of nitrogens with zero attached hydrogens (tertiary/aromatic N) is 1. The van der Waals surface area contributed by atoms with E-state index in [0.29, 0.717) is 18.4 Å². The number of carbonyl (C=O) groups excluding carboxylic acids is 2. The van der Waals surface area contributed by atoms with Gasteiger partial charge in [-0.25, -0.2) is 4.79 Å². The van der Waals surface area contributed by atoms with Crippen LogP contribution in [0.2, 0.25) is 0 Å². The molecule has 1 heterocycles. The van der Waals surface area contributed by atoms with Crippen molar-refractivity contribution in [2.45, 2.75) is 19.8 Å². The summed E-state index contributed by atoms with van der Waals surface area (Å²) in [6, 6.07) is 4.90. The zero-order chi connectivity index (χ0) is 18.1. The number of amides is 1. The molecule has 2 N–H and O–H groups in total. The van der Waals surface area contributed by atoms with Crippen LogP contribution in [0.1, 0.15) is 27.2 Å². The van der Waals surface area contributed by atoms with Gasteiger partial charge in [-0.2, -0.15) is 0 Å². The summed E-state index contributed by atoms with van der Waals surface area (Å²) in [5.74, 6) is -1.07. The average molecular weight is 405 g/mol. The molecule has 7 heteroatoms. The number of halogens is 1. The molecule has 1 aliphatic rings. The molecule has 1 atom stereocenters. The summed E-state index contributed by atoms with van der Waals surface area (Å²) >= 11 is 3.38. The Morgan fingerprint density at radius 2 is 2.08 bits per heavy atom. The van der Waals surface area contributed by atoms with E-state index < -0.39 is 5.97 Å². The second-order valence-corrected chi connectivity index (χ2v) is 6.95. The van der Waals surface area contributed by atoms with Crippen LogP contribution in [0.25, 0.3) is 0 Å². The van der Waals surface area contributed by atoms with E-state index in [1.807, 2.05) is 6.07 Å². The minimum absolute atomic E-state index is 0.0580. The van der Waals surface area contributed by atoms with Crippen LogP contribution in [-0.2, 0) is 22.4 Å². The molecule has 0 saturated heterocycles. The number of anilines is 1. The number of esters is 1. The number of hydrogen-bond donors (Lipinski definition) is 2. The second kappa shape index (κ2) is 6.84. The Bertz CT molecular complexity index is 866. The van der Waals surface area contributed by atoms with Crippen LogP contribution < -0.4 is 5.32 Å². The molecule has 3 rings (SSSR count). The average Bonchev–Trinajstić information content (AvgIpc) is 3.01. The number of phenols is 1. The monoisotopic (exact) mass is 404 g/mol. The van der Waals surface area contributed by atoms with Crippen LogP contribution in [0, 0.1) is 12.8 Å². The molecule has 1 amide bonds. The molecule has 1 aromatic carbocycles. The van der Waals surface area contributed by atoms with E-state index in [4.69, 9.17) is 4.74 Å².